The highest BCUT2D eigenvalue weighted by Crippen LogP contribution is 2.21. The number of likely N-dealkylation sites (tertiary alicyclic amines) is 1. The molecule has 2 atom stereocenters. The maximum Gasteiger partial charge on any atom is 0.151 e. The van der Waals surface area contributed by atoms with Crippen LogP contribution in [-0.2, 0) is 17.8 Å². The number of rotatable bonds is 7. The smallest absolute Gasteiger partial charge is 0.151 e. The lowest BCUT2D eigenvalue weighted by Crippen LogP contribution is -2.43. The first kappa shape index (κ1) is 16.5. The summed E-state index contributed by atoms with van der Waals surface area (Å²) in [5, 5.41) is 7.52. The average Bonchev–Trinajstić information content (AvgIpc) is 2.88. The molecule has 0 amide bonds. The topological polar surface area (TPSA) is 50.5 Å². The van der Waals surface area contributed by atoms with Crippen LogP contribution >= 0.6 is 0 Å². The summed E-state index contributed by atoms with van der Waals surface area (Å²) in [7, 11) is 1.80. The van der Waals surface area contributed by atoms with E-state index in [1.807, 2.05) is 0 Å². The first-order valence-corrected chi connectivity index (χ1v) is 7.98. The summed E-state index contributed by atoms with van der Waals surface area (Å²) in [5.74, 6) is 2.23. The highest BCUT2D eigenvalue weighted by atomic mass is 16.5. The lowest BCUT2D eigenvalue weighted by atomic mass is 9.96. The second-order valence-corrected chi connectivity index (χ2v) is 6.58. The Labute approximate surface area is 128 Å². The lowest BCUT2D eigenvalue weighted by molar-refractivity contribution is -0.00961. The van der Waals surface area contributed by atoms with Gasteiger partial charge in [0.2, 0.25) is 0 Å². The van der Waals surface area contributed by atoms with Crippen LogP contribution in [0.2, 0.25) is 0 Å². The van der Waals surface area contributed by atoms with Crippen LogP contribution < -0.4 is 5.32 Å². The molecule has 1 saturated heterocycles. The summed E-state index contributed by atoms with van der Waals surface area (Å²) in [4.78, 5) is 2.39. The zero-order chi connectivity index (χ0) is 15.2. The van der Waals surface area contributed by atoms with Crippen LogP contribution in [0.4, 0.5) is 0 Å². The molecule has 2 heterocycles. The van der Waals surface area contributed by atoms with Crippen LogP contribution in [0.15, 0.2) is 10.6 Å². The van der Waals surface area contributed by atoms with Crippen molar-refractivity contribution in [3.8, 4) is 0 Å². The van der Waals surface area contributed by atoms with E-state index in [4.69, 9.17) is 9.26 Å². The van der Waals surface area contributed by atoms with Crippen molar-refractivity contribution in [2.75, 3.05) is 26.7 Å². The summed E-state index contributed by atoms with van der Waals surface area (Å²) >= 11 is 0. The highest BCUT2D eigenvalue weighted by molar-refractivity contribution is 5.05. The molecule has 0 spiro atoms. The lowest BCUT2D eigenvalue weighted by Gasteiger charge is -2.35. The number of hydrogen-bond acceptors (Lipinski definition) is 5. The van der Waals surface area contributed by atoms with Crippen molar-refractivity contribution < 1.29 is 9.26 Å². The minimum Gasteiger partial charge on any atom is -0.380 e. The van der Waals surface area contributed by atoms with Crippen LogP contribution in [0.25, 0.3) is 0 Å². The summed E-state index contributed by atoms with van der Waals surface area (Å²) in [5.41, 5.74) is 0.985. The minimum atomic E-state index is 0.328. The third kappa shape index (κ3) is 5.09. The van der Waals surface area contributed by atoms with E-state index in [1.165, 1.54) is 6.42 Å². The van der Waals surface area contributed by atoms with Gasteiger partial charge in [-0.3, -0.25) is 4.90 Å². The van der Waals surface area contributed by atoms with Crippen molar-refractivity contribution in [2.24, 2.45) is 11.8 Å². The predicted molar refractivity (Wildman–Crippen MR) is 82.9 cm³/mol. The van der Waals surface area contributed by atoms with Crippen molar-refractivity contribution in [3.05, 3.63) is 17.5 Å². The van der Waals surface area contributed by atoms with Gasteiger partial charge in [-0.15, -0.1) is 0 Å². The van der Waals surface area contributed by atoms with Gasteiger partial charge >= 0.3 is 0 Å². The van der Waals surface area contributed by atoms with Gasteiger partial charge < -0.3 is 14.6 Å². The number of hydrogen-bond donors (Lipinski definition) is 1. The van der Waals surface area contributed by atoms with Gasteiger partial charge in [-0.25, -0.2) is 0 Å². The van der Waals surface area contributed by atoms with Crippen molar-refractivity contribution in [1.82, 2.24) is 15.4 Å². The third-order valence-corrected chi connectivity index (χ3v) is 4.12. The van der Waals surface area contributed by atoms with Crippen molar-refractivity contribution in [1.29, 1.82) is 0 Å². The van der Waals surface area contributed by atoms with Crippen molar-refractivity contribution in [3.63, 3.8) is 0 Å². The largest absolute Gasteiger partial charge is 0.380 e. The van der Waals surface area contributed by atoms with Crippen LogP contribution in [0.3, 0.4) is 0 Å². The molecule has 21 heavy (non-hydrogen) atoms. The van der Waals surface area contributed by atoms with Crippen molar-refractivity contribution >= 4 is 0 Å². The number of ether oxygens (including phenoxy) is 1. The Bertz CT molecular complexity index is 419. The minimum absolute atomic E-state index is 0.328. The first-order valence-electron chi connectivity index (χ1n) is 7.98. The molecule has 5 nitrogen and oxygen atoms in total. The van der Waals surface area contributed by atoms with Gasteiger partial charge in [0.15, 0.2) is 5.76 Å². The Balaban J connectivity index is 1.79. The molecule has 1 aromatic heterocycles. The molecule has 1 fully saturated rings. The molecule has 0 aromatic carbocycles. The van der Waals surface area contributed by atoms with Crippen LogP contribution in [0.1, 0.15) is 38.6 Å². The predicted octanol–water partition coefficient (Wildman–Crippen LogP) is 2.28. The van der Waals surface area contributed by atoms with Gasteiger partial charge in [-0.1, -0.05) is 25.9 Å². The van der Waals surface area contributed by atoms with Gasteiger partial charge in [0.05, 0.1) is 18.3 Å². The van der Waals surface area contributed by atoms with E-state index >= 15 is 0 Å². The number of nitrogens with one attached hydrogen (secondary N) is 1. The fraction of sp³-hybridized carbons (Fsp3) is 0.812. The SMILES string of the molecule is COC1CN(Cc2cc(CNCC(C)C)no2)CCC1C. The Kier molecular flexibility index (Phi) is 6.21. The first-order chi connectivity index (χ1) is 10.1. The van der Waals surface area contributed by atoms with Crippen LogP contribution in [0.5, 0.6) is 0 Å². The molecular weight excluding hydrogens is 266 g/mol. The molecule has 0 aliphatic carbocycles. The highest BCUT2D eigenvalue weighted by Gasteiger charge is 2.26. The maximum atomic E-state index is 5.55. The molecule has 1 aromatic rings. The molecule has 0 radical (unpaired) electrons. The van der Waals surface area contributed by atoms with E-state index in [2.05, 4.69) is 42.2 Å². The van der Waals surface area contributed by atoms with E-state index in [1.54, 1.807) is 7.11 Å². The molecule has 1 aliphatic rings. The average molecular weight is 295 g/mol. The molecule has 0 bridgehead atoms. The molecule has 1 N–H and O–H groups in total. The number of nitrogens with zero attached hydrogens (tertiary/aromatic N) is 2. The Morgan fingerprint density at radius 1 is 1.52 bits per heavy atom. The van der Waals surface area contributed by atoms with Crippen LogP contribution in [-0.4, -0.2) is 42.9 Å². The van der Waals surface area contributed by atoms with E-state index < -0.39 is 0 Å². The summed E-state index contributed by atoms with van der Waals surface area (Å²) in [6.45, 7) is 11.3. The molecular formula is C16H29N3O2. The third-order valence-electron chi connectivity index (χ3n) is 4.12. The zero-order valence-corrected chi connectivity index (χ0v) is 13.8. The number of piperidine rings is 1. The van der Waals surface area contributed by atoms with E-state index in [0.29, 0.717) is 17.9 Å². The fourth-order valence-corrected chi connectivity index (χ4v) is 2.77. The molecule has 120 valence electrons. The summed E-state index contributed by atoms with van der Waals surface area (Å²) in [6.07, 6.45) is 1.50. The van der Waals surface area contributed by atoms with Crippen LogP contribution in [0, 0.1) is 11.8 Å². The Morgan fingerprint density at radius 2 is 2.33 bits per heavy atom. The molecule has 2 unspecified atom stereocenters. The van der Waals surface area contributed by atoms with E-state index in [9.17, 15) is 0 Å². The Hall–Kier alpha value is -0.910. The molecule has 1 aliphatic heterocycles. The second-order valence-electron chi connectivity index (χ2n) is 6.58. The van der Waals surface area contributed by atoms with Crippen molar-refractivity contribution in [2.45, 2.75) is 46.4 Å². The summed E-state index contributed by atoms with van der Waals surface area (Å²) < 4.78 is 11.0. The fourth-order valence-electron chi connectivity index (χ4n) is 2.77. The second kappa shape index (κ2) is 7.92. The van der Waals surface area contributed by atoms with E-state index in [0.717, 1.165) is 44.2 Å². The molecule has 2 rings (SSSR count). The van der Waals surface area contributed by atoms with Gasteiger partial charge in [-0.2, -0.15) is 0 Å². The summed E-state index contributed by atoms with van der Waals surface area (Å²) in [6, 6.07) is 2.06. The van der Waals surface area contributed by atoms with E-state index in [-0.39, 0.29) is 0 Å². The quantitative estimate of drug-likeness (QED) is 0.836. The van der Waals surface area contributed by atoms with Gasteiger partial charge in [-0.05, 0) is 31.3 Å². The molecule has 5 heteroatoms. The standard InChI is InChI=1S/C16H29N3O2/c1-12(2)8-17-9-14-7-15(21-18-14)10-19-6-5-13(3)16(11-19)20-4/h7,12-13,16-17H,5-6,8-11H2,1-4H3. The zero-order valence-electron chi connectivity index (χ0n) is 13.8. The van der Waals surface area contributed by atoms with Gasteiger partial charge in [0.25, 0.3) is 0 Å². The number of methoxy groups -OCH3 is 1. The van der Waals surface area contributed by atoms with Gasteiger partial charge in [0.1, 0.15) is 0 Å². The monoisotopic (exact) mass is 295 g/mol. The normalized spacial score (nSPS) is 23.9. The Morgan fingerprint density at radius 3 is 3.05 bits per heavy atom. The molecule has 0 saturated carbocycles. The maximum absolute atomic E-state index is 5.55. The number of aromatic nitrogens is 1. The van der Waals surface area contributed by atoms with Gasteiger partial charge in [0, 0.05) is 26.3 Å².